The quantitative estimate of drug-likeness (QED) is 0.673. The number of nitrogens with zero attached hydrogens (tertiary/aromatic N) is 3. The molecular weight excluding hydrogens is 392 g/mol. The number of aromatic nitrogens is 2. The topological polar surface area (TPSA) is 50.2 Å². The molecule has 1 aliphatic heterocycles. The van der Waals surface area contributed by atoms with Gasteiger partial charge in [0.05, 0.1) is 17.1 Å². The van der Waals surface area contributed by atoms with Gasteiger partial charge in [-0.15, -0.1) is 11.3 Å². The van der Waals surface area contributed by atoms with E-state index >= 15 is 0 Å². The molecule has 3 aromatic rings. The van der Waals surface area contributed by atoms with E-state index in [1.165, 1.54) is 11.3 Å². The lowest BCUT2D eigenvalue weighted by Crippen LogP contribution is -2.44. The van der Waals surface area contributed by atoms with E-state index in [0.717, 1.165) is 63.8 Å². The summed E-state index contributed by atoms with van der Waals surface area (Å²) in [4.78, 5) is 17.0. The largest absolute Gasteiger partial charge is 0.349 e. The highest BCUT2D eigenvalue weighted by atomic mass is 35.5. The molecule has 0 unspecified atom stereocenters. The van der Waals surface area contributed by atoms with Gasteiger partial charge in [-0.3, -0.25) is 9.48 Å². The van der Waals surface area contributed by atoms with Crippen LogP contribution in [0.25, 0.3) is 10.2 Å². The van der Waals surface area contributed by atoms with E-state index in [2.05, 4.69) is 22.2 Å². The summed E-state index contributed by atoms with van der Waals surface area (Å²) in [6, 6.07) is 10.1. The average Bonchev–Trinajstić information content (AvgIpc) is 3.26. The van der Waals surface area contributed by atoms with E-state index in [9.17, 15) is 4.79 Å². The van der Waals surface area contributed by atoms with Crippen molar-refractivity contribution in [3.63, 3.8) is 0 Å². The molecule has 0 spiro atoms. The number of carbonyl (C=O) groups excluding carboxylic acids is 1. The first-order chi connectivity index (χ1) is 13.5. The molecule has 1 N–H and O–H groups in total. The number of amides is 1. The van der Waals surface area contributed by atoms with Gasteiger partial charge in [0, 0.05) is 29.5 Å². The van der Waals surface area contributed by atoms with Crippen LogP contribution in [0.5, 0.6) is 0 Å². The number of hydrogen-bond acceptors (Lipinski definition) is 4. The molecule has 3 heterocycles. The number of rotatable bonds is 5. The fraction of sp³-hybridized carbons (Fsp3) is 0.429. The Bertz CT molecular complexity index is 970. The number of nitrogens with one attached hydrogen (secondary N) is 1. The molecule has 5 nitrogen and oxygen atoms in total. The summed E-state index contributed by atoms with van der Waals surface area (Å²) >= 11 is 7.50. The van der Waals surface area contributed by atoms with E-state index < -0.39 is 0 Å². The number of likely N-dealkylation sites (tertiary alicyclic amines) is 1. The summed E-state index contributed by atoms with van der Waals surface area (Å²) in [7, 11) is 0. The normalized spacial score (nSPS) is 16.0. The van der Waals surface area contributed by atoms with Crippen molar-refractivity contribution in [3.05, 3.63) is 51.5 Å². The maximum absolute atomic E-state index is 12.8. The van der Waals surface area contributed by atoms with Crippen LogP contribution in [-0.2, 0) is 6.54 Å². The average molecular weight is 417 g/mol. The van der Waals surface area contributed by atoms with Crippen molar-refractivity contribution >= 4 is 39.1 Å². The number of hydrogen-bond donors (Lipinski definition) is 1. The van der Waals surface area contributed by atoms with Crippen LogP contribution >= 0.6 is 22.9 Å². The highest BCUT2D eigenvalue weighted by Crippen LogP contribution is 2.29. The second-order valence-corrected chi connectivity index (χ2v) is 8.85. The van der Waals surface area contributed by atoms with Crippen molar-refractivity contribution in [1.82, 2.24) is 20.0 Å². The van der Waals surface area contributed by atoms with E-state index in [1.807, 2.05) is 41.9 Å². The van der Waals surface area contributed by atoms with Crippen molar-refractivity contribution < 1.29 is 4.79 Å². The second kappa shape index (κ2) is 8.23. The maximum Gasteiger partial charge on any atom is 0.261 e. The summed E-state index contributed by atoms with van der Waals surface area (Å²) in [5, 5.41) is 9.67. The Morgan fingerprint density at radius 3 is 2.68 bits per heavy atom. The lowest BCUT2D eigenvalue weighted by Gasteiger charge is -2.31. The molecule has 2 aromatic heterocycles. The van der Waals surface area contributed by atoms with Gasteiger partial charge in [0.25, 0.3) is 5.91 Å². The fourth-order valence-electron chi connectivity index (χ4n) is 3.74. The molecule has 0 atom stereocenters. The molecule has 0 radical (unpaired) electrons. The summed E-state index contributed by atoms with van der Waals surface area (Å²) in [6.45, 7) is 8.05. The van der Waals surface area contributed by atoms with Crippen molar-refractivity contribution in [1.29, 1.82) is 0 Å². The zero-order valence-corrected chi connectivity index (χ0v) is 17.8. The summed E-state index contributed by atoms with van der Waals surface area (Å²) in [6.07, 6.45) is 2.04. The minimum absolute atomic E-state index is 0.0357. The third-order valence-electron chi connectivity index (χ3n) is 5.45. The molecule has 1 saturated heterocycles. The molecule has 7 heteroatoms. The first-order valence-corrected chi connectivity index (χ1v) is 11.0. The predicted octanol–water partition coefficient (Wildman–Crippen LogP) is 4.32. The molecule has 1 fully saturated rings. The van der Waals surface area contributed by atoms with Gasteiger partial charge in [-0.1, -0.05) is 30.7 Å². The number of halogens is 1. The van der Waals surface area contributed by atoms with Crippen LogP contribution in [0.2, 0.25) is 5.02 Å². The van der Waals surface area contributed by atoms with E-state index in [-0.39, 0.29) is 11.9 Å². The molecule has 28 heavy (non-hydrogen) atoms. The highest BCUT2D eigenvalue weighted by Gasteiger charge is 2.22. The van der Waals surface area contributed by atoms with Gasteiger partial charge in [0.2, 0.25) is 0 Å². The molecule has 4 rings (SSSR count). The highest BCUT2D eigenvalue weighted by molar-refractivity contribution is 7.20. The number of thiophene rings is 1. The zero-order valence-electron chi connectivity index (χ0n) is 16.2. The Morgan fingerprint density at radius 1 is 1.29 bits per heavy atom. The molecule has 1 amide bonds. The summed E-state index contributed by atoms with van der Waals surface area (Å²) < 4.78 is 1.98. The standard InChI is InChI=1S/C21H25ClN4OS/c1-3-25-10-8-17(9-11-25)23-20(27)19-12-18-14(2)24-26(21(18)28-19)13-15-4-6-16(22)7-5-15/h4-7,12,17H,3,8-11,13H2,1-2H3,(H,23,27). The molecular formula is C21H25ClN4OS. The molecule has 148 valence electrons. The van der Waals surface area contributed by atoms with Crippen LogP contribution in [-0.4, -0.2) is 46.3 Å². The van der Waals surface area contributed by atoms with Crippen molar-refractivity contribution in [2.45, 2.75) is 39.3 Å². The van der Waals surface area contributed by atoms with Crippen LogP contribution in [0.15, 0.2) is 30.3 Å². The fourth-order valence-corrected chi connectivity index (χ4v) is 4.93. The van der Waals surface area contributed by atoms with Gasteiger partial charge in [-0.2, -0.15) is 5.10 Å². The number of piperidine rings is 1. The van der Waals surface area contributed by atoms with Gasteiger partial charge < -0.3 is 10.2 Å². The Hall–Kier alpha value is -1.89. The summed E-state index contributed by atoms with van der Waals surface area (Å²) in [5.41, 5.74) is 2.09. The van der Waals surface area contributed by atoms with E-state index in [1.54, 1.807) is 0 Å². The predicted molar refractivity (Wildman–Crippen MR) is 116 cm³/mol. The minimum atomic E-state index is 0.0357. The third kappa shape index (κ3) is 4.09. The zero-order chi connectivity index (χ0) is 19.7. The Balaban J connectivity index is 1.49. The van der Waals surface area contributed by atoms with Crippen LogP contribution in [0.4, 0.5) is 0 Å². The van der Waals surface area contributed by atoms with Gasteiger partial charge in [-0.25, -0.2) is 0 Å². The monoisotopic (exact) mass is 416 g/mol. The van der Waals surface area contributed by atoms with Gasteiger partial charge in [-0.05, 0) is 50.1 Å². The number of aryl methyl sites for hydroxylation is 1. The van der Waals surface area contributed by atoms with E-state index in [0.29, 0.717) is 6.54 Å². The van der Waals surface area contributed by atoms with Crippen LogP contribution in [0, 0.1) is 6.92 Å². The van der Waals surface area contributed by atoms with Gasteiger partial charge >= 0.3 is 0 Å². The first-order valence-electron chi connectivity index (χ1n) is 9.78. The van der Waals surface area contributed by atoms with Crippen LogP contribution in [0.3, 0.4) is 0 Å². The molecule has 1 aromatic carbocycles. The number of carbonyl (C=O) groups is 1. The Kier molecular flexibility index (Phi) is 5.71. The van der Waals surface area contributed by atoms with Crippen LogP contribution < -0.4 is 5.32 Å². The van der Waals surface area contributed by atoms with Gasteiger partial charge in [0.15, 0.2) is 0 Å². The Labute approximate surface area is 174 Å². The van der Waals surface area contributed by atoms with Crippen molar-refractivity contribution in [2.24, 2.45) is 0 Å². The molecule has 0 bridgehead atoms. The van der Waals surface area contributed by atoms with E-state index in [4.69, 9.17) is 11.6 Å². The smallest absolute Gasteiger partial charge is 0.261 e. The molecule has 0 saturated carbocycles. The van der Waals surface area contributed by atoms with Crippen molar-refractivity contribution in [3.8, 4) is 0 Å². The van der Waals surface area contributed by atoms with Gasteiger partial charge in [0.1, 0.15) is 4.83 Å². The molecule has 0 aliphatic carbocycles. The first kappa shape index (κ1) is 19.4. The Morgan fingerprint density at radius 2 is 2.00 bits per heavy atom. The SMILES string of the molecule is CCN1CCC(NC(=O)c2cc3c(C)nn(Cc4ccc(Cl)cc4)c3s2)CC1. The second-order valence-electron chi connectivity index (χ2n) is 7.38. The lowest BCUT2D eigenvalue weighted by atomic mass is 10.1. The van der Waals surface area contributed by atoms with Crippen LogP contribution in [0.1, 0.15) is 40.7 Å². The minimum Gasteiger partial charge on any atom is -0.349 e. The summed E-state index contributed by atoms with van der Waals surface area (Å²) in [5.74, 6) is 0.0357. The third-order valence-corrected chi connectivity index (χ3v) is 6.85. The van der Waals surface area contributed by atoms with Crippen molar-refractivity contribution in [2.75, 3.05) is 19.6 Å². The maximum atomic E-state index is 12.8. The number of fused-ring (bicyclic) bond motifs is 1. The molecule has 1 aliphatic rings. The lowest BCUT2D eigenvalue weighted by molar-refractivity contribution is 0.0917. The number of benzene rings is 1.